The number of ether oxygens (including phenoxy) is 1. The van der Waals surface area contributed by atoms with Gasteiger partial charge in [-0.15, -0.1) is 0 Å². The first-order valence-electron chi connectivity index (χ1n) is 13.0. The van der Waals surface area contributed by atoms with E-state index in [9.17, 15) is 9.59 Å². The fourth-order valence-corrected chi connectivity index (χ4v) is 4.11. The van der Waals surface area contributed by atoms with Crippen LogP contribution in [0.15, 0.2) is 42.6 Å². The molecule has 0 saturated carbocycles. The predicted octanol–water partition coefficient (Wildman–Crippen LogP) is 5.61. The number of nitrogen functional groups attached to an aromatic ring is 1. The maximum Gasteiger partial charge on any atom is 0.306 e. The maximum atomic E-state index is 13.6. The molecule has 1 amide bonds. The number of amides is 1. The molecule has 1 aromatic carbocycles. The number of nitrogens with zero attached hydrogens (tertiary/aromatic N) is 3. The van der Waals surface area contributed by atoms with Gasteiger partial charge in [0.05, 0.1) is 30.0 Å². The SMILES string of the molecule is CCOC(=O)CCc1c(-c2ccc(N)cc2)nc2ccc(C(=O)N(CCC(C)C)CCC(C)C)cn12. The Hall–Kier alpha value is -3.35. The number of carbonyl (C=O) groups excluding carboxylic acids is 2. The summed E-state index contributed by atoms with van der Waals surface area (Å²) >= 11 is 0. The Morgan fingerprint density at radius 2 is 1.64 bits per heavy atom. The highest BCUT2D eigenvalue weighted by Crippen LogP contribution is 2.27. The minimum atomic E-state index is -0.253. The second-order valence-electron chi connectivity index (χ2n) is 10.1. The van der Waals surface area contributed by atoms with Crippen LogP contribution in [-0.2, 0) is 16.0 Å². The van der Waals surface area contributed by atoms with E-state index in [0.29, 0.717) is 36.1 Å². The van der Waals surface area contributed by atoms with Gasteiger partial charge < -0.3 is 19.8 Å². The Labute approximate surface area is 214 Å². The number of rotatable bonds is 12. The van der Waals surface area contributed by atoms with Crippen molar-refractivity contribution in [3.63, 3.8) is 0 Å². The molecule has 0 unspecified atom stereocenters. The van der Waals surface area contributed by atoms with Crippen molar-refractivity contribution in [3.8, 4) is 11.3 Å². The summed E-state index contributed by atoms with van der Waals surface area (Å²) in [6.07, 6.45) is 4.47. The third-order valence-corrected chi connectivity index (χ3v) is 6.26. The molecule has 2 aromatic heterocycles. The van der Waals surface area contributed by atoms with Crippen LogP contribution in [0.25, 0.3) is 16.9 Å². The van der Waals surface area contributed by atoms with Crippen molar-refractivity contribution < 1.29 is 14.3 Å². The molecule has 0 fully saturated rings. The van der Waals surface area contributed by atoms with Crippen molar-refractivity contribution in [3.05, 3.63) is 53.9 Å². The van der Waals surface area contributed by atoms with Gasteiger partial charge in [0.2, 0.25) is 0 Å². The van der Waals surface area contributed by atoms with E-state index in [-0.39, 0.29) is 18.3 Å². The number of imidazole rings is 1. The largest absolute Gasteiger partial charge is 0.466 e. The normalized spacial score (nSPS) is 11.4. The quantitative estimate of drug-likeness (QED) is 0.262. The molecule has 3 aromatic rings. The van der Waals surface area contributed by atoms with Gasteiger partial charge >= 0.3 is 5.97 Å². The lowest BCUT2D eigenvalue weighted by Gasteiger charge is -2.24. The molecule has 0 bridgehead atoms. The molecule has 194 valence electrons. The number of fused-ring (bicyclic) bond motifs is 1. The van der Waals surface area contributed by atoms with Crippen LogP contribution in [0.1, 0.15) is 69.9 Å². The van der Waals surface area contributed by atoms with Crippen LogP contribution >= 0.6 is 0 Å². The number of hydrogen-bond acceptors (Lipinski definition) is 5. The van der Waals surface area contributed by atoms with Gasteiger partial charge in [0.25, 0.3) is 5.91 Å². The van der Waals surface area contributed by atoms with Crippen LogP contribution < -0.4 is 5.73 Å². The Balaban J connectivity index is 2.00. The number of pyridine rings is 1. The average molecular weight is 493 g/mol. The second-order valence-corrected chi connectivity index (χ2v) is 10.1. The monoisotopic (exact) mass is 492 g/mol. The van der Waals surface area contributed by atoms with Crippen molar-refractivity contribution in [1.82, 2.24) is 14.3 Å². The lowest BCUT2D eigenvalue weighted by atomic mass is 10.1. The molecule has 2 heterocycles. The summed E-state index contributed by atoms with van der Waals surface area (Å²) in [5.41, 5.74) is 10.5. The molecule has 0 radical (unpaired) electrons. The van der Waals surface area contributed by atoms with Crippen molar-refractivity contribution in [2.24, 2.45) is 11.8 Å². The summed E-state index contributed by atoms with van der Waals surface area (Å²) in [6, 6.07) is 11.3. The molecule has 2 N–H and O–H groups in total. The highest BCUT2D eigenvalue weighted by atomic mass is 16.5. The smallest absolute Gasteiger partial charge is 0.306 e. The second kappa shape index (κ2) is 12.6. The molecular weight excluding hydrogens is 452 g/mol. The lowest BCUT2D eigenvalue weighted by molar-refractivity contribution is -0.143. The van der Waals surface area contributed by atoms with E-state index in [1.165, 1.54) is 0 Å². The van der Waals surface area contributed by atoms with Crippen LogP contribution in [-0.4, -0.2) is 45.9 Å². The number of aryl methyl sites for hydroxylation is 1. The van der Waals surface area contributed by atoms with Crippen molar-refractivity contribution in [1.29, 1.82) is 0 Å². The van der Waals surface area contributed by atoms with Gasteiger partial charge in [0.15, 0.2) is 0 Å². The summed E-state index contributed by atoms with van der Waals surface area (Å²) in [4.78, 5) is 32.6. The van der Waals surface area contributed by atoms with Gasteiger partial charge in [-0.05, 0) is 55.9 Å². The topological polar surface area (TPSA) is 89.9 Å². The molecule has 0 atom stereocenters. The summed E-state index contributed by atoms with van der Waals surface area (Å²) in [6.45, 7) is 12.3. The maximum absolute atomic E-state index is 13.6. The minimum Gasteiger partial charge on any atom is -0.466 e. The van der Waals surface area contributed by atoms with Gasteiger partial charge in [-0.25, -0.2) is 4.98 Å². The van der Waals surface area contributed by atoms with Crippen LogP contribution in [0.5, 0.6) is 0 Å². The molecule has 3 rings (SSSR count). The molecule has 0 aliphatic carbocycles. The van der Waals surface area contributed by atoms with E-state index < -0.39 is 0 Å². The molecule has 36 heavy (non-hydrogen) atoms. The van der Waals surface area contributed by atoms with Crippen molar-refractivity contribution >= 4 is 23.2 Å². The molecule has 0 spiro atoms. The molecule has 7 nitrogen and oxygen atoms in total. The Bertz CT molecular complexity index is 1150. The van der Waals surface area contributed by atoms with E-state index >= 15 is 0 Å². The highest BCUT2D eigenvalue weighted by Gasteiger charge is 2.20. The number of aromatic nitrogens is 2. The third kappa shape index (κ3) is 7.09. The number of esters is 1. The van der Waals surface area contributed by atoms with Crippen LogP contribution in [0, 0.1) is 11.8 Å². The number of nitrogens with two attached hydrogens (primary N) is 1. The van der Waals surface area contributed by atoms with Gasteiger partial charge in [0, 0.05) is 37.0 Å². The van der Waals surface area contributed by atoms with Crippen LogP contribution in [0.4, 0.5) is 5.69 Å². The van der Waals surface area contributed by atoms with Gasteiger partial charge in [0.1, 0.15) is 5.65 Å². The van der Waals surface area contributed by atoms with E-state index in [2.05, 4.69) is 27.7 Å². The van der Waals surface area contributed by atoms with E-state index in [0.717, 1.165) is 48.5 Å². The number of hydrogen-bond donors (Lipinski definition) is 1. The molecular formula is C29H40N4O3. The molecule has 0 saturated heterocycles. The predicted molar refractivity (Wildman–Crippen MR) is 145 cm³/mol. The first kappa shape index (κ1) is 27.2. The fraction of sp³-hybridized carbons (Fsp3) is 0.483. The highest BCUT2D eigenvalue weighted by molar-refractivity contribution is 5.94. The zero-order chi connectivity index (χ0) is 26.2. The van der Waals surface area contributed by atoms with Gasteiger partial charge in [-0.1, -0.05) is 39.8 Å². The lowest BCUT2D eigenvalue weighted by Crippen LogP contribution is -2.34. The summed E-state index contributed by atoms with van der Waals surface area (Å²) < 4.78 is 7.10. The first-order valence-corrected chi connectivity index (χ1v) is 13.0. The number of benzene rings is 1. The Morgan fingerprint density at radius 3 is 2.22 bits per heavy atom. The third-order valence-electron chi connectivity index (χ3n) is 6.26. The van der Waals surface area contributed by atoms with E-state index in [4.69, 9.17) is 15.5 Å². The zero-order valence-corrected chi connectivity index (χ0v) is 22.3. The van der Waals surface area contributed by atoms with Gasteiger partial charge in [-0.3, -0.25) is 9.59 Å². The standard InChI is InChI=1S/C29H40N4O3/c1-6-36-27(34)14-12-25-28(22-7-10-24(30)11-8-22)31-26-13-9-23(19-33(25)26)29(35)32(17-15-20(2)3)18-16-21(4)5/h7-11,13,19-21H,6,12,14-18,30H2,1-5H3. The van der Waals surface area contributed by atoms with E-state index in [1.807, 2.05) is 51.9 Å². The van der Waals surface area contributed by atoms with Crippen molar-refractivity contribution in [2.45, 2.75) is 60.3 Å². The fourth-order valence-electron chi connectivity index (χ4n) is 4.11. The van der Waals surface area contributed by atoms with Gasteiger partial charge in [-0.2, -0.15) is 0 Å². The molecule has 0 aliphatic heterocycles. The Morgan fingerprint density at radius 1 is 1.00 bits per heavy atom. The summed E-state index contributed by atoms with van der Waals surface area (Å²) in [7, 11) is 0. The summed E-state index contributed by atoms with van der Waals surface area (Å²) in [5.74, 6) is 0.814. The minimum absolute atomic E-state index is 0.0253. The average Bonchev–Trinajstić information content (AvgIpc) is 3.20. The first-order chi connectivity index (χ1) is 17.2. The zero-order valence-electron chi connectivity index (χ0n) is 22.3. The summed E-state index contributed by atoms with van der Waals surface area (Å²) in [5, 5.41) is 0. The number of carbonyl (C=O) groups is 2. The van der Waals surface area contributed by atoms with Crippen LogP contribution in [0.3, 0.4) is 0 Å². The molecule has 0 aliphatic rings. The number of anilines is 1. The van der Waals surface area contributed by atoms with Crippen LogP contribution in [0.2, 0.25) is 0 Å². The molecule has 7 heteroatoms. The Kier molecular flexibility index (Phi) is 9.51. The van der Waals surface area contributed by atoms with Crippen molar-refractivity contribution in [2.75, 3.05) is 25.4 Å². The van der Waals surface area contributed by atoms with E-state index in [1.54, 1.807) is 6.92 Å².